The lowest BCUT2D eigenvalue weighted by molar-refractivity contribution is 0.0997. The molecule has 164 valence electrons. The van der Waals surface area contributed by atoms with E-state index in [4.69, 9.17) is 13.9 Å². The van der Waals surface area contributed by atoms with Crippen LogP contribution in [0.2, 0.25) is 0 Å². The van der Waals surface area contributed by atoms with Gasteiger partial charge in [-0.2, -0.15) is 0 Å². The van der Waals surface area contributed by atoms with Gasteiger partial charge in [0.05, 0.1) is 17.3 Å². The SMILES string of the molecule is COc1ccc(NC(=O)c2ccc(-c3nc4ccccc4s3)o2)cc1OCc1cccnc1. The minimum Gasteiger partial charge on any atom is -0.493 e. The van der Waals surface area contributed by atoms with Crippen molar-refractivity contribution in [1.82, 2.24) is 9.97 Å². The molecule has 3 aromatic heterocycles. The quantitative estimate of drug-likeness (QED) is 0.333. The zero-order chi connectivity index (χ0) is 22.6. The highest BCUT2D eigenvalue weighted by Crippen LogP contribution is 2.33. The topological polar surface area (TPSA) is 86.5 Å². The number of hydrogen-bond donors (Lipinski definition) is 1. The zero-order valence-electron chi connectivity index (χ0n) is 17.6. The number of anilines is 1. The maximum Gasteiger partial charge on any atom is 0.291 e. The summed E-state index contributed by atoms with van der Waals surface area (Å²) in [5.41, 5.74) is 2.38. The second-order valence-corrected chi connectivity index (χ2v) is 8.15. The number of amides is 1. The van der Waals surface area contributed by atoms with Gasteiger partial charge in [0.1, 0.15) is 6.61 Å². The summed E-state index contributed by atoms with van der Waals surface area (Å²) in [5.74, 6) is 1.45. The zero-order valence-corrected chi connectivity index (χ0v) is 18.5. The number of nitrogens with zero attached hydrogens (tertiary/aromatic N) is 2. The number of furan rings is 1. The van der Waals surface area contributed by atoms with Crippen molar-refractivity contribution < 1.29 is 18.7 Å². The molecule has 1 N–H and O–H groups in total. The van der Waals surface area contributed by atoms with Gasteiger partial charge in [-0.25, -0.2) is 4.98 Å². The van der Waals surface area contributed by atoms with Gasteiger partial charge in [-0.05, 0) is 42.5 Å². The van der Waals surface area contributed by atoms with Crippen LogP contribution in [-0.2, 0) is 6.61 Å². The van der Waals surface area contributed by atoms with E-state index in [1.54, 1.807) is 49.8 Å². The Kier molecular flexibility index (Phi) is 5.73. The average Bonchev–Trinajstić information content (AvgIpc) is 3.51. The van der Waals surface area contributed by atoms with E-state index in [-0.39, 0.29) is 11.7 Å². The summed E-state index contributed by atoms with van der Waals surface area (Å²) in [5, 5.41) is 3.57. The molecular weight excluding hydrogens is 438 g/mol. The summed E-state index contributed by atoms with van der Waals surface area (Å²) in [6.45, 7) is 0.325. The molecule has 3 heterocycles. The first-order chi connectivity index (χ1) is 16.2. The molecule has 0 saturated carbocycles. The highest BCUT2D eigenvalue weighted by Gasteiger charge is 2.16. The van der Waals surface area contributed by atoms with Crippen molar-refractivity contribution in [1.29, 1.82) is 0 Å². The second kappa shape index (κ2) is 9.13. The fraction of sp³-hybridized carbons (Fsp3) is 0.0800. The van der Waals surface area contributed by atoms with Crippen LogP contribution in [0.1, 0.15) is 16.1 Å². The monoisotopic (exact) mass is 457 g/mol. The summed E-state index contributed by atoms with van der Waals surface area (Å²) in [4.78, 5) is 21.4. The summed E-state index contributed by atoms with van der Waals surface area (Å²) in [7, 11) is 1.57. The third kappa shape index (κ3) is 4.56. The van der Waals surface area contributed by atoms with Crippen molar-refractivity contribution in [3.63, 3.8) is 0 Å². The lowest BCUT2D eigenvalue weighted by atomic mass is 10.2. The lowest BCUT2D eigenvalue weighted by Gasteiger charge is -2.12. The normalized spacial score (nSPS) is 10.8. The lowest BCUT2D eigenvalue weighted by Crippen LogP contribution is -2.11. The van der Waals surface area contributed by atoms with Gasteiger partial charge in [0.25, 0.3) is 5.91 Å². The summed E-state index contributed by atoms with van der Waals surface area (Å²) in [6.07, 6.45) is 3.44. The molecule has 0 unspecified atom stereocenters. The molecule has 1 amide bonds. The molecule has 5 rings (SSSR count). The minimum absolute atomic E-state index is 0.193. The minimum atomic E-state index is -0.370. The Balaban J connectivity index is 1.31. The van der Waals surface area contributed by atoms with Gasteiger partial charge in [0.2, 0.25) is 0 Å². The number of fused-ring (bicyclic) bond motifs is 1. The first-order valence-corrected chi connectivity index (χ1v) is 11.0. The first-order valence-electron chi connectivity index (χ1n) is 10.2. The molecule has 33 heavy (non-hydrogen) atoms. The smallest absolute Gasteiger partial charge is 0.291 e. The molecule has 0 bridgehead atoms. The number of carbonyl (C=O) groups excluding carboxylic acids is 1. The van der Waals surface area contributed by atoms with Gasteiger partial charge in [0.15, 0.2) is 28.0 Å². The number of para-hydroxylation sites is 1. The Bertz CT molecular complexity index is 1380. The van der Waals surface area contributed by atoms with Crippen LogP contribution in [0.4, 0.5) is 5.69 Å². The van der Waals surface area contributed by atoms with E-state index in [0.29, 0.717) is 29.6 Å². The largest absolute Gasteiger partial charge is 0.493 e. The Morgan fingerprint density at radius 1 is 1.06 bits per heavy atom. The standard InChI is InChI=1S/C25H19N3O4S/c1-30-19-9-8-17(13-22(19)31-15-16-5-4-12-26-14-16)27-24(29)20-10-11-21(32-20)25-28-18-6-2-3-7-23(18)33-25/h2-14H,15H2,1H3,(H,27,29). The van der Waals surface area contributed by atoms with Gasteiger partial charge in [-0.15, -0.1) is 11.3 Å². The second-order valence-electron chi connectivity index (χ2n) is 7.12. The summed E-state index contributed by atoms with van der Waals surface area (Å²) < 4.78 is 18.1. The van der Waals surface area contributed by atoms with Crippen molar-refractivity contribution in [2.75, 3.05) is 12.4 Å². The van der Waals surface area contributed by atoms with E-state index in [1.165, 1.54) is 11.3 Å². The van der Waals surface area contributed by atoms with Crippen molar-refractivity contribution in [2.45, 2.75) is 6.61 Å². The third-order valence-electron chi connectivity index (χ3n) is 4.87. The first kappa shape index (κ1) is 20.7. The summed E-state index contributed by atoms with van der Waals surface area (Å²) in [6, 6.07) is 20.2. The number of pyridine rings is 1. The van der Waals surface area contributed by atoms with Crippen molar-refractivity contribution in [2.24, 2.45) is 0 Å². The van der Waals surface area contributed by atoms with Crippen LogP contribution in [-0.4, -0.2) is 23.0 Å². The van der Waals surface area contributed by atoms with Crippen LogP contribution < -0.4 is 14.8 Å². The maximum absolute atomic E-state index is 12.8. The van der Waals surface area contributed by atoms with Crippen LogP contribution in [0.3, 0.4) is 0 Å². The predicted octanol–water partition coefficient (Wildman–Crippen LogP) is 5.79. The molecule has 0 aliphatic heterocycles. The Labute approximate surface area is 193 Å². The number of aromatic nitrogens is 2. The number of nitrogens with one attached hydrogen (secondary N) is 1. The van der Waals surface area contributed by atoms with Crippen LogP contribution in [0.5, 0.6) is 11.5 Å². The molecule has 2 aromatic carbocycles. The molecule has 0 fully saturated rings. The molecule has 8 heteroatoms. The van der Waals surface area contributed by atoms with Gasteiger partial charge in [-0.1, -0.05) is 18.2 Å². The molecule has 0 spiro atoms. The van der Waals surface area contributed by atoms with Crippen molar-refractivity contribution in [3.8, 4) is 22.3 Å². The molecular formula is C25H19N3O4S. The number of benzene rings is 2. The molecule has 0 radical (unpaired) electrons. The Hall–Kier alpha value is -4.17. The molecule has 5 aromatic rings. The molecule has 0 aliphatic carbocycles. The number of carbonyl (C=O) groups is 1. The highest BCUT2D eigenvalue weighted by molar-refractivity contribution is 7.21. The molecule has 7 nitrogen and oxygen atoms in total. The third-order valence-corrected chi connectivity index (χ3v) is 5.92. The Morgan fingerprint density at radius 2 is 1.97 bits per heavy atom. The molecule has 0 saturated heterocycles. The number of hydrogen-bond acceptors (Lipinski definition) is 7. The number of ether oxygens (including phenoxy) is 2. The van der Waals surface area contributed by atoms with Crippen LogP contribution in [0.25, 0.3) is 21.0 Å². The highest BCUT2D eigenvalue weighted by atomic mass is 32.1. The van der Waals surface area contributed by atoms with Crippen molar-refractivity contribution >= 4 is 33.1 Å². The van der Waals surface area contributed by atoms with E-state index < -0.39 is 0 Å². The average molecular weight is 458 g/mol. The van der Waals surface area contributed by atoms with E-state index >= 15 is 0 Å². The fourth-order valence-corrected chi connectivity index (χ4v) is 4.18. The van der Waals surface area contributed by atoms with E-state index in [2.05, 4.69) is 15.3 Å². The van der Waals surface area contributed by atoms with Crippen LogP contribution >= 0.6 is 11.3 Å². The van der Waals surface area contributed by atoms with E-state index in [1.807, 2.05) is 36.4 Å². The number of rotatable bonds is 7. The van der Waals surface area contributed by atoms with Crippen LogP contribution in [0, 0.1) is 0 Å². The fourth-order valence-electron chi connectivity index (χ4n) is 3.26. The maximum atomic E-state index is 12.8. The number of thiazole rings is 1. The molecule has 0 aliphatic rings. The molecule has 0 atom stereocenters. The van der Waals surface area contributed by atoms with Gasteiger partial charge >= 0.3 is 0 Å². The van der Waals surface area contributed by atoms with Crippen LogP contribution in [0.15, 0.2) is 83.5 Å². The Morgan fingerprint density at radius 3 is 2.79 bits per heavy atom. The van der Waals surface area contributed by atoms with Crippen molar-refractivity contribution in [3.05, 3.63) is 90.4 Å². The van der Waals surface area contributed by atoms with Gasteiger partial charge in [-0.3, -0.25) is 9.78 Å². The summed E-state index contributed by atoms with van der Waals surface area (Å²) >= 11 is 1.52. The predicted molar refractivity (Wildman–Crippen MR) is 127 cm³/mol. The van der Waals surface area contributed by atoms with E-state index in [0.717, 1.165) is 20.8 Å². The van der Waals surface area contributed by atoms with Gasteiger partial charge < -0.3 is 19.2 Å². The van der Waals surface area contributed by atoms with Gasteiger partial charge in [0, 0.05) is 29.7 Å². The van der Waals surface area contributed by atoms with E-state index in [9.17, 15) is 4.79 Å². The number of methoxy groups -OCH3 is 1.